The highest BCUT2D eigenvalue weighted by Gasteiger charge is 2.56. The van der Waals surface area contributed by atoms with Crippen LogP contribution in [0.25, 0.3) is 0 Å². The van der Waals surface area contributed by atoms with Gasteiger partial charge in [0.2, 0.25) is 5.91 Å². The number of nitriles is 1. The third-order valence-electron chi connectivity index (χ3n) is 5.85. The third kappa shape index (κ3) is 2.18. The Morgan fingerprint density at radius 3 is 2.77 bits per heavy atom. The molecule has 4 bridgehead atoms. The highest BCUT2D eigenvalue weighted by Crippen LogP contribution is 2.56. The van der Waals surface area contributed by atoms with Crippen molar-refractivity contribution in [1.82, 2.24) is 9.88 Å². The minimum Gasteiger partial charge on any atom is -0.325 e. The largest absolute Gasteiger partial charge is 0.325 e. The number of hydrogen-bond acceptors (Lipinski definition) is 4. The smallest absolute Gasteiger partial charge is 0.245 e. The Labute approximate surface area is 130 Å². The van der Waals surface area contributed by atoms with Gasteiger partial charge in [-0.05, 0) is 62.5 Å². The summed E-state index contributed by atoms with van der Waals surface area (Å²) in [5.74, 6) is 1.37. The van der Waals surface area contributed by atoms with E-state index >= 15 is 0 Å². The number of nitrogens with one attached hydrogen (secondary N) is 1. The van der Waals surface area contributed by atoms with Crippen molar-refractivity contribution in [3.8, 4) is 6.07 Å². The van der Waals surface area contributed by atoms with Gasteiger partial charge in [-0.3, -0.25) is 9.36 Å². The maximum Gasteiger partial charge on any atom is 0.245 e. The van der Waals surface area contributed by atoms with Gasteiger partial charge in [-0.2, -0.15) is 5.26 Å². The number of hydrogen-bond donors (Lipinski definition) is 2. The molecule has 4 fully saturated rings. The lowest BCUT2D eigenvalue weighted by molar-refractivity contribution is -0.0348. The van der Waals surface area contributed by atoms with E-state index < -0.39 is 0 Å². The van der Waals surface area contributed by atoms with E-state index in [9.17, 15) is 4.79 Å². The molecule has 5 heteroatoms. The molecule has 0 aromatic carbocycles. The van der Waals surface area contributed by atoms with Crippen LogP contribution in [0.15, 0.2) is 18.3 Å². The third-order valence-corrected chi connectivity index (χ3v) is 5.85. The molecule has 1 aromatic rings. The van der Waals surface area contributed by atoms with Gasteiger partial charge < -0.3 is 11.1 Å². The lowest BCUT2D eigenvalue weighted by Crippen LogP contribution is -2.67. The van der Waals surface area contributed by atoms with Crippen molar-refractivity contribution >= 4 is 5.91 Å². The Hall–Kier alpha value is -1.64. The molecule has 1 heterocycles. The zero-order chi connectivity index (χ0) is 15.4. The van der Waals surface area contributed by atoms with E-state index in [2.05, 4.69) is 11.4 Å². The molecule has 4 aliphatic carbocycles. The molecule has 0 radical (unpaired) electrons. The second-order valence-electron chi connectivity index (χ2n) is 7.73. The standard InChI is InChI=1S/C17H22N4O/c18-9-14-2-1-3-21(14)15(22)10-20-17-7-12-4-13(8-17)6-16(19,5-12)11-17/h1-3,12-13,20H,4-8,10-11,19H2/t12-,13?,16?,17?/m0/s1. The van der Waals surface area contributed by atoms with E-state index in [0.717, 1.165) is 43.9 Å². The maximum atomic E-state index is 12.4. The second kappa shape index (κ2) is 4.68. The predicted molar refractivity (Wildman–Crippen MR) is 82.1 cm³/mol. The van der Waals surface area contributed by atoms with Crippen LogP contribution in [-0.4, -0.2) is 28.1 Å². The van der Waals surface area contributed by atoms with E-state index in [-0.39, 0.29) is 23.5 Å². The SMILES string of the molecule is N#Cc1cccn1C(=O)CNC12CC3C[C@@H](CC(N)(C3)C1)C2. The molecule has 1 aromatic heterocycles. The summed E-state index contributed by atoms with van der Waals surface area (Å²) < 4.78 is 1.44. The van der Waals surface area contributed by atoms with E-state index in [1.54, 1.807) is 18.3 Å². The Balaban J connectivity index is 1.48. The van der Waals surface area contributed by atoms with Crippen molar-refractivity contribution in [3.05, 3.63) is 24.0 Å². The lowest BCUT2D eigenvalue weighted by Gasteiger charge is -2.61. The first-order chi connectivity index (χ1) is 10.5. The minimum atomic E-state index is -0.0663. The van der Waals surface area contributed by atoms with Crippen LogP contribution >= 0.6 is 0 Å². The average molecular weight is 298 g/mol. The summed E-state index contributed by atoms with van der Waals surface area (Å²) >= 11 is 0. The van der Waals surface area contributed by atoms with E-state index in [0.29, 0.717) is 5.69 Å². The van der Waals surface area contributed by atoms with Crippen LogP contribution in [-0.2, 0) is 0 Å². The molecule has 4 aliphatic rings. The monoisotopic (exact) mass is 298 g/mol. The summed E-state index contributed by atoms with van der Waals surface area (Å²) in [6.45, 7) is 0.277. The highest BCUT2D eigenvalue weighted by molar-refractivity contribution is 5.82. The Morgan fingerprint density at radius 2 is 2.14 bits per heavy atom. The normalized spacial score (nSPS) is 38.9. The van der Waals surface area contributed by atoms with Gasteiger partial charge in [-0.1, -0.05) is 0 Å². The Kier molecular flexibility index (Phi) is 2.97. The fraction of sp³-hybridized carbons (Fsp3) is 0.647. The average Bonchev–Trinajstić information content (AvgIpc) is 2.90. The molecule has 0 saturated heterocycles. The summed E-state index contributed by atoms with van der Waals surface area (Å²) in [6, 6.07) is 5.45. The molecular weight excluding hydrogens is 276 g/mol. The number of nitrogens with two attached hydrogens (primary N) is 1. The van der Waals surface area contributed by atoms with Crippen LogP contribution in [0, 0.1) is 23.2 Å². The van der Waals surface area contributed by atoms with Gasteiger partial charge in [-0.15, -0.1) is 0 Å². The molecule has 3 N–H and O–H groups in total. The molecule has 22 heavy (non-hydrogen) atoms. The van der Waals surface area contributed by atoms with Gasteiger partial charge in [0.05, 0.1) is 6.54 Å². The first kappa shape index (κ1) is 14.0. The fourth-order valence-electron chi connectivity index (χ4n) is 5.58. The van der Waals surface area contributed by atoms with Gasteiger partial charge in [0.25, 0.3) is 0 Å². The number of rotatable bonds is 3. The van der Waals surface area contributed by atoms with Crippen LogP contribution in [0.1, 0.15) is 49.0 Å². The van der Waals surface area contributed by atoms with Gasteiger partial charge in [0.1, 0.15) is 11.8 Å². The second-order valence-corrected chi connectivity index (χ2v) is 7.73. The Bertz CT molecular complexity index is 642. The number of carbonyl (C=O) groups excluding carboxylic acids is 1. The zero-order valence-electron chi connectivity index (χ0n) is 12.7. The molecule has 116 valence electrons. The molecule has 5 nitrogen and oxygen atoms in total. The minimum absolute atomic E-state index is 0.0224. The molecule has 4 saturated carbocycles. The Morgan fingerprint density at radius 1 is 1.41 bits per heavy atom. The fourth-order valence-corrected chi connectivity index (χ4v) is 5.58. The zero-order valence-corrected chi connectivity index (χ0v) is 12.7. The summed E-state index contributed by atoms with van der Waals surface area (Å²) in [4.78, 5) is 12.4. The van der Waals surface area contributed by atoms with Crippen molar-refractivity contribution in [3.63, 3.8) is 0 Å². The van der Waals surface area contributed by atoms with Crippen molar-refractivity contribution < 1.29 is 4.79 Å². The van der Waals surface area contributed by atoms with Crippen molar-refractivity contribution in [2.24, 2.45) is 17.6 Å². The molecule has 0 aliphatic heterocycles. The molecule has 4 atom stereocenters. The summed E-state index contributed by atoms with van der Waals surface area (Å²) in [6.07, 6.45) is 8.55. The highest BCUT2D eigenvalue weighted by atomic mass is 16.2. The quantitative estimate of drug-likeness (QED) is 0.888. The first-order valence-corrected chi connectivity index (χ1v) is 8.16. The van der Waals surface area contributed by atoms with E-state index in [1.165, 1.54) is 11.0 Å². The van der Waals surface area contributed by atoms with Crippen molar-refractivity contribution in [2.75, 3.05) is 6.54 Å². The topological polar surface area (TPSA) is 83.8 Å². The van der Waals surface area contributed by atoms with Gasteiger partial charge in [-0.25, -0.2) is 0 Å². The molecule has 0 amide bonds. The van der Waals surface area contributed by atoms with Crippen LogP contribution in [0.3, 0.4) is 0 Å². The molecule has 3 unspecified atom stereocenters. The predicted octanol–water partition coefficient (Wildman–Crippen LogP) is 1.64. The summed E-state index contributed by atoms with van der Waals surface area (Å²) in [5.41, 5.74) is 6.99. The van der Waals surface area contributed by atoms with E-state index in [1.807, 2.05) is 0 Å². The maximum absolute atomic E-state index is 12.4. The number of nitrogens with zero attached hydrogens (tertiary/aromatic N) is 2. The van der Waals surface area contributed by atoms with Crippen LogP contribution < -0.4 is 11.1 Å². The van der Waals surface area contributed by atoms with Gasteiger partial charge in [0, 0.05) is 17.3 Å². The molecule has 5 rings (SSSR count). The summed E-state index contributed by atoms with van der Waals surface area (Å²) in [5, 5.41) is 12.6. The van der Waals surface area contributed by atoms with Crippen LogP contribution in [0.4, 0.5) is 0 Å². The number of carbonyl (C=O) groups is 1. The summed E-state index contributed by atoms with van der Waals surface area (Å²) in [7, 11) is 0. The van der Waals surface area contributed by atoms with Gasteiger partial charge >= 0.3 is 0 Å². The number of aromatic nitrogens is 1. The van der Waals surface area contributed by atoms with Crippen molar-refractivity contribution in [2.45, 2.75) is 49.6 Å². The first-order valence-electron chi connectivity index (χ1n) is 8.16. The van der Waals surface area contributed by atoms with Crippen molar-refractivity contribution in [1.29, 1.82) is 5.26 Å². The van der Waals surface area contributed by atoms with Crippen LogP contribution in [0.5, 0.6) is 0 Å². The lowest BCUT2D eigenvalue weighted by atomic mass is 9.50. The van der Waals surface area contributed by atoms with Crippen LogP contribution in [0.2, 0.25) is 0 Å². The molecular formula is C17H22N4O. The van der Waals surface area contributed by atoms with Gasteiger partial charge in [0.15, 0.2) is 0 Å². The van der Waals surface area contributed by atoms with E-state index in [4.69, 9.17) is 11.0 Å². The molecule has 0 spiro atoms.